The second-order valence-corrected chi connectivity index (χ2v) is 13.0. The number of aryl methyl sites for hydroxylation is 3. The van der Waals surface area contributed by atoms with Crippen molar-refractivity contribution in [2.45, 2.75) is 46.6 Å². The fraction of sp³-hybridized carbons (Fsp3) is 0.235. The van der Waals surface area contributed by atoms with Gasteiger partial charge in [0.1, 0.15) is 5.01 Å². The lowest BCUT2D eigenvalue weighted by molar-refractivity contribution is -0.136. The Balaban J connectivity index is 0.000000682. The van der Waals surface area contributed by atoms with Crippen molar-refractivity contribution in [3.63, 3.8) is 0 Å². The minimum atomic E-state index is -0.870. The second-order valence-electron chi connectivity index (χ2n) is 11.6. The van der Waals surface area contributed by atoms with Crippen LogP contribution in [0.4, 0.5) is 0 Å². The number of carbonyl (C=O) groups is 1. The van der Waals surface area contributed by atoms with Crippen LogP contribution in [0, 0.1) is 13.8 Å². The normalized spacial score (nSPS) is 11.5. The fourth-order valence-corrected chi connectivity index (χ4v) is 6.23. The van der Waals surface area contributed by atoms with Crippen molar-refractivity contribution in [1.82, 2.24) is 19.7 Å². The summed E-state index contributed by atoms with van der Waals surface area (Å²) in [5, 5.41) is 25.1. The highest BCUT2D eigenvalue weighted by molar-refractivity contribution is 7.22. The first-order chi connectivity index (χ1) is 20.3. The molecule has 0 spiro atoms. The minimum Gasteiger partial charge on any atom is -0.481 e. The number of carboxylic acid groups (broad SMARTS) is 1. The van der Waals surface area contributed by atoms with E-state index in [0.717, 1.165) is 70.8 Å². The predicted molar refractivity (Wildman–Crippen MR) is 176 cm³/mol. The number of thiazole rings is 1. The third kappa shape index (κ3) is 6.77. The van der Waals surface area contributed by atoms with E-state index in [4.69, 9.17) is 26.7 Å². The molecule has 9 heteroatoms. The van der Waals surface area contributed by atoms with Crippen LogP contribution in [0.15, 0.2) is 67.0 Å². The Morgan fingerprint density at radius 1 is 0.977 bits per heavy atom. The molecule has 3 aromatic carbocycles. The van der Waals surface area contributed by atoms with E-state index in [2.05, 4.69) is 29.4 Å². The Morgan fingerprint density at radius 3 is 2.33 bits per heavy atom. The van der Waals surface area contributed by atoms with Crippen LogP contribution in [0.1, 0.15) is 37.6 Å². The summed E-state index contributed by atoms with van der Waals surface area (Å²) in [5.41, 5.74) is 8.80. The van der Waals surface area contributed by atoms with Gasteiger partial charge in [0.05, 0.1) is 34.0 Å². The standard InChI is InChI=1S/C30H23ClN4O2S.C4H10O/c1-16-10-25-29(28(23(16)13-27(36)37)18-4-7-22(31)8-5-18)38-30(34-25)24-12-20(14-32-17(24)2)19-6-9-26-21(11-19)15-33-35(26)3;1-4(2,3)5/h4-12,14-15H,13H2,1-3H3,(H,36,37);5H,1-3H3. The zero-order valence-corrected chi connectivity index (χ0v) is 26.5. The Labute approximate surface area is 259 Å². The monoisotopic (exact) mass is 612 g/mol. The summed E-state index contributed by atoms with van der Waals surface area (Å²) in [6, 6.07) is 17.9. The number of rotatable bonds is 5. The lowest BCUT2D eigenvalue weighted by Crippen LogP contribution is -2.10. The number of pyridine rings is 1. The molecule has 0 amide bonds. The first-order valence-corrected chi connectivity index (χ1v) is 15.0. The van der Waals surface area contributed by atoms with Crippen LogP contribution < -0.4 is 0 Å². The predicted octanol–water partition coefficient (Wildman–Crippen LogP) is 8.25. The average Bonchev–Trinajstić information content (AvgIpc) is 3.51. The van der Waals surface area contributed by atoms with Crippen molar-refractivity contribution in [1.29, 1.82) is 0 Å². The smallest absolute Gasteiger partial charge is 0.307 e. The Morgan fingerprint density at radius 2 is 1.65 bits per heavy atom. The van der Waals surface area contributed by atoms with Gasteiger partial charge in [-0.15, -0.1) is 11.3 Å². The van der Waals surface area contributed by atoms with Crippen molar-refractivity contribution >= 4 is 50.0 Å². The van der Waals surface area contributed by atoms with Gasteiger partial charge in [0.15, 0.2) is 0 Å². The molecule has 6 rings (SSSR count). The Kier molecular flexibility index (Phi) is 8.38. The Bertz CT molecular complexity index is 1960. The van der Waals surface area contributed by atoms with Gasteiger partial charge < -0.3 is 10.2 Å². The number of benzene rings is 3. The zero-order valence-electron chi connectivity index (χ0n) is 24.9. The molecule has 2 N–H and O–H groups in total. The van der Waals surface area contributed by atoms with Crippen molar-refractivity contribution in [2.75, 3.05) is 0 Å². The second kappa shape index (κ2) is 11.9. The number of aliphatic carboxylic acids is 1. The summed E-state index contributed by atoms with van der Waals surface area (Å²) < 4.78 is 2.81. The van der Waals surface area contributed by atoms with Crippen LogP contribution in [0.3, 0.4) is 0 Å². The highest BCUT2D eigenvalue weighted by atomic mass is 35.5. The maximum Gasteiger partial charge on any atom is 0.307 e. The molecule has 0 atom stereocenters. The number of aromatic nitrogens is 4. The Hall–Kier alpha value is -4.11. The quantitative estimate of drug-likeness (QED) is 0.203. The van der Waals surface area contributed by atoms with E-state index >= 15 is 0 Å². The van der Waals surface area contributed by atoms with Crippen molar-refractivity contribution in [3.05, 3.63) is 88.8 Å². The third-order valence-corrected chi connectivity index (χ3v) is 8.24. The van der Waals surface area contributed by atoms with E-state index in [9.17, 15) is 9.90 Å². The van der Waals surface area contributed by atoms with Gasteiger partial charge in [-0.25, -0.2) is 4.98 Å². The molecule has 0 saturated carbocycles. The number of nitrogens with zero attached hydrogens (tertiary/aromatic N) is 4. The lowest BCUT2D eigenvalue weighted by atomic mass is 9.93. The fourth-order valence-electron chi connectivity index (χ4n) is 4.90. The van der Waals surface area contributed by atoms with E-state index < -0.39 is 11.6 Å². The van der Waals surface area contributed by atoms with Crippen LogP contribution >= 0.6 is 22.9 Å². The van der Waals surface area contributed by atoms with Gasteiger partial charge in [-0.2, -0.15) is 5.10 Å². The van der Waals surface area contributed by atoms with E-state index in [1.165, 1.54) is 0 Å². The van der Waals surface area contributed by atoms with Crippen LogP contribution in [0.2, 0.25) is 5.02 Å². The topological polar surface area (TPSA) is 101 Å². The van der Waals surface area contributed by atoms with E-state index in [1.54, 1.807) is 32.1 Å². The molecule has 0 aliphatic heterocycles. The van der Waals surface area contributed by atoms with Gasteiger partial charge in [0.25, 0.3) is 0 Å². The maximum atomic E-state index is 11.8. The first-order valence-electron chi connectivity index (χ1n) is 13.8. The summed E-state index contributed by atoms with van der Waals surface area (Å²) >= 11 is 7.72. The van der Waals surface area contributed by atoms with E-state index in [1.807, 2.05) is 68.3 Å². The number of hydrogen-bond donors (Lipinski definition) is 2. The summed E-state index contributed by atoms with van der Waals surface area (Å²) in [6.07, 6.45) is 3.68. The van der Waals surface area contributed by atoms with Gasteiger partial charge in [0, 0.05) is 46.0 Å². The summed E-state index contributed by atoms with van der Waals surface area (Å²) in [4.78, 5) is 21.5. The molecule has 0 unspecified atom stereocenters. The SMILES string of the molecule is CC(C)(C)O.Cc1cc2nc(-c3cc(-c4ccc5c(cnn5C)c4)cnc3C)sc2c(-c2ccc(Cl)cc2)c1CC(=O)O. The summed E-state index contributed by atoms with van der Waals surface area (Å²) in [5.74, 6) is -0.870. The van der Waals surface area contributed by atoms with Crippen LogP contribution in [-0.2, 0) is 18.3 Å². The molecular weight excluding hydrogens is 580 g/mol. The largest absolute Gasteiger partial charge is 0.481 e. The number of fused-ring (bicyclic) bond motifs is 2. The zero-order chi connectivity index (χ0) is 31.1. The third-order valence-electron chi connectivity index (χ3n) is 6.87. The van der Waals surface area contributed by atoms with Gasteiger partial charge in [-0.3, -0.25) is 14.5 Å². The molecular formula is C34H33ClN4O3S. The highest BCUT2D eigenvalue weighted by Crippen LogP contribution is 2.42. The number of hydrogen-bond acceptors (Lipinski definition) is 6. The molecule has 0 aliphatic carbocycles. The molecule has 6 aromatic rings. The van der Waals surface area contributed by atoms with E-state index in [0.29, 0.717) is 5.02 Å². The van der Waals surface area contributed by atoms with Crippen molar-refractivity contribution < 1.29 is 15.0 Å². The average molecular weight is 613 g/mol. The lowest BCUT2D eigenvalue weighted by Gasteiger charge is -2.13. The molecule has 220 valence electrons. The molecule has 0 radical (unpaired) electrons. The molecule has 43 heavy (non-hydrogen) atoms. The van der Waals surface area contributed by atoms with Crippen LogP contribution in [-0.4, -0.2) is 41.5 Å². The van der Waals surface area contributed by atoms with Gasteiger partial charge in [-0.1, -0.05) is 29.8 Å². The summed E-state index contributed by atoms with van der Waals surface area (Å²) in [7, 11) is 1.93. The van der Waals surface area contributed by atoms with Crippen molar-refractivity contribution in [3.8, 4) is 32.8 Å². The van der Waals surface area contributed by atoms with Crippen LogP contribution in [0.5, 0.6) is 0 Å². The van der Waals surface area contributed by atoms with Crippen molar-refractivity contribution in [2.24, 2.45) is 7.05 Å². The highest BCUT2D eigenvalue weighted by Gasteiger charge is 2.20. The molecule has 0 saturated heterocycles. The minimum absolute atomic E-state index is 0.0696. The van der Waals surface area contributed by atoms with Gasteiger partial charge in [-0.05, 0) is 93.3 Å². The molecule has 0 fully saturated rings. The molecule has 3 aromatic heterocycles. The number of halogens is 1. The molecule has 3 heterocycles. The van der Waals surface area contributed by atoms with Crippen LogP contribution in [0.25, 0.3) is 53.9 Å². The van der Waals surface area contributed by atoms with E-state index in [-0.39, 0.29) is 6.42 Å². The van der Waals surface area contributed by atoms with Gasteiger partial charge in [0.2, 0.25) is 0 Å². The number of carboxylic acids is 1. The maximum absolute atomic E-state index is 11.8. The first kappa shape index (κ1) is 30.4. The number of aliphatic hydroxyl groups is 1. The molecule has 0 aliphatic rings. The molecule has 7 nitrogen and oxygen atoms in total. The van der Waals surface area contributed by atoms with Gasteiger partial charge >= 0.3 is 5.97 Å². The summed E-state index contributed by atoms with van der Waals surface area (Å²) in [6.45, 7) is 9.15. The molecule has 0 bridgehead atoms.